The highest BCUT2D eigenvalue weighted by Crippen LogP contribution is 2.30. The van der Waals surface area contributed by atoms with Crippen LogP contribution in [0.25, 0.3) is 0 Å². The van der Waals surface area contributed by atoms with E-state index in [0.29, 0.717) is 12.1 Å². The second-order valence-electron chi connectivity index (χ2n) is 8.22. The van der Waals surface area contributed by atoms with Crippen molar-refractivity contribution < 1.29 is 9.59 Å². The zero-order valence-corrected chi connectivity index (χ0v) is 17.1. The van der Waals surface area contributed by atoms with Crippen molar-refractivity contribution in [1.29, 1.82) is 0 Å². The van der Waals surface area contributed by atoms with Crippen molar-refractivity contribution in [3.8, 4) is 0 Å². The van der Waals surface area contributed by atoms with Crippen molar-refractivity contribution >= 4 is 23.2 Å². The first-order valence-electron chi connectivity index (χ1n) is 10.6. The molecule has 2 amide bonds. The van der Waals surface area contributed by atoms with E-state index in [-0.39, 0.29) is 17.7 Å². The van der Waals surface area contributed by atoms with Crippen LogP contribution in [-0.4, -0.2) is 36.9 Å². The molecule has 4 rings (SSSR count). The average Bonchev–Trinajstić information content (AvgIpc) is 3.60. The molecule has 1 heterocycles. The molecule has 2 aromatic carbocycles. The van der Waals surface area contributed by atoms with Crippen LogP contribution in [-0.2, 0) is 11.3 Å². The van der Waals surface area contributed by atoms with Crippen LogP contribution in [0.15, 0.2) is 48.5 Å². The maximum absolute atomic E-state index is 12.7. The number of rotatable bonds is 6. The zero-order valence-electron chi connectivity index (χ0n) is 17.1. The first kappa shape index (κ1) is 19.5. The van der Waals surface area contributed by atoms with Crippen LogP contribution in [0.3, 0.4) is 0 Å². The fourth-order valence-electron chi connectivity index (χ4n) is 3.82. The summed E-state index contributed by atoms with van der Waals surface area (Å²) in [7, 11) is 1.82. The lowest BCUT2D eigenvalue weighted by atomic mass is 10.1. The van der Waals surface area contributed by atoms with Gasteiger partial charge in [0.25, 0.3) is 5.91 Å². The Bertz CT molecular complexity index is 851. The van der Waals surface area contributed by atoms with Gasteiger partial charge in [-0.05, 0) is 74.1 Å². The SMILES string of the molecule is CN(Cc1ccc(N2CCCCC2)cc1)C(=O)c1ccc(NC(=O)C2CC2)cc1. The van der Waals surface area contributed by atoms with Gasteiger partial charge in [-0.15, -0.1) is 0 Å². The predicted octanol–water partition coefficient (Wildman–Crippen LogP) is 4.30. The van der Waals surface area contributed by atoms with E-state index in [1.165, 1.54) is 24.9 Å². The van der Waals surface area contributed by atoms with Gasteiger partial charge in [-0.3, -0.25) is 9.59 Å². The topological polar surface area (TPSA) is 52.6 Å². The fourth-order valence-corrected chi connectivity index (χ4v) is 3.82. The quantitative estimate of drug-likeness (QED) is 0.799. The van der Waals surface area contributed by atoms with E-state index in [0.717, 1.165) is 37.2 Å². The van der Waals surface area contributed by atoms with Crippen LogP contribution in [0.2, 0.25) is 0 Å². The highest BCUT2D eigenvalue weighted by molar-refractivity contribution is 5.96. The van der Waals surface area contributed by atoms with Crippen LogP contribution in [0, 0.1) is 5.92 Å². The molecule has 0 unspecified atom stereocenters. The van der Waals surface area contributed by atoms with Crippen molar-refractivity contribution in [2.45, 2.75) is 38.6 Å². The van der Waals surface area contributed by atoms with Gasteiger partial charge < -0.3 is 15.1 Å². The molecule has 0 radical (unpaired) electrons. The maximum Gasteiger partial charge on any atom is 0.253 e. The van der Waals surface area contributed by atoms with E-state index < -0.39 is 0 Å². The van der Waals surface area contributed by atoms with Crippen LogP contribution in [0.5, 0.6) is 0 Å². The lowest BCUT2D eigenvalue weighted by molar-refractivity contribution is -0.117. The number of hydrogen-bond donors (Lipinski definition) is 1. The van der Waals surface area contributed by atoms with Gasteiger partial charge in [0.05, 0.1) is 0 Å². The van der Waals surface area contributed by atoms with Gasteiger partial charge in [-0.25, -0.2) is 0 Å². The monoisotopic (exact) mass is 391 g/mol. The second-order valence-corrected chi connectivity index (χ2v) is 8.22. The maximum atomic E-state index is 12.7. The zero-order chi connectivity index (χ0) is 20.2. The minimum Gasteiger partial charge on any atom is -0.372 e. The highest BCUT2D eigenvalue weighted by atomic mass is 16.2. The van der Waals surface area contributed by atoms with Crippen molar-refractivity contribution in [3.63, 3.8) is 0 Å². The molecule has 0 spiro atoms. The van der Waals surface area contributed by atoms with E-state index in [9.17, 15) is 9.59 Å². The van der Waals surface area contributed by atoms with E-state index in [1.54, 1.807) is 29.2 Å². The van der Waals surface area contributed by atoms with E-state index >= 15 is 0 Å². The summed E-state index contributed by atoms with van der Waals surface area (Å²) in [5, 5.41) is 2.90. The molecule has 1 aliphatic heterocycles. The molecule has 0 aromatic heterocycles. The molecule has 2 aromatic rings. The molecule has 5 nitrogen and oxygen atoms in total. The van der Waals surface area contributed by atoms with Gasteiger partial charge in [0, 0.05) is 49.5 Å². The summed E-state index contributed by atoms with van der Waals surface area (Å²) in [5.41, 5.74) is 3.76. The van der Waals surface area contributed by atoms with Crippen molar-refractivity contribution in [3.05, 3.63) is 59.7 Å². The van der Waals surface area contributed by atoms with Gasteiger partial charge in [-0.2, -0.15) is 0 Å². The van der Waals surface area contributed by atoms with E-state index in [1.807, 2.05) is 7.05 Å². The molecule has 0 bridgehead atoms. The molecule has 2 fully saturated rings. The molecule has 1 saturated heterocycles. The normalized spacial score (nSPS) is 16.4. The summed E-state index contributed by atoms with van der Waals surface area (Å²) >= 11 is 0. The van der Waals surface area contributed by atoms with Crippen LogP contribution >= 0.6 is 0 Å². The van der Waals surface area contributed by atoms with Gasteiger partial charge in [0.1, 0.15) is 0 Å². The molecule has 1 aliphatic carbocycles. The molecule has 1 saturated carbocycles. The number of nitrogens with one attached hydrogen (secondary N) is 1. The van der Waals surface area contributed by atoms with Crippen molar-refractivity contribution in [2.75, 3.05) is 30.4 Å². The largest absolute Gasteiger partial charge is 0.372 e. The number of carbonyl (C=O) groups excluding carboxylic acids is 2. The Morgan fingerprint density at radius 2 is 1.62 bits per heavy atom. The Hall–Kier alpha value is -2.82. The molecule has 29 heavy (non-hydrogen) atoms. The molecular formula is C24H29N3O2. The number of benzene rings is 2. The molecular weight excluding hydrogens is 362 g/mol. The number of anilines is 2. The van der Waals surface area contributed by atoms with Gasteiger partial charge in [0.2, 0.25) is 5.91 Å². The standard InChI is InChI=1S/C24H29N3O2/c1-26(17-18-5-13-22(14-6-18)27-15-3-2-4-16-27)24(29)20-9-11-21(12-10-20)25-23(28)19-7-8-19/h5-6,9-14,19H,2-4,7-8,15-17H2,1H3,(H,25,28). The van der Waals surface area contributed by atoms with Crippen molar-refractivity contribution in [2.24, 2.45) is 5.92 Å². The van der Waals surface area contributed by atoms with E-state index in [4.69, 9.17) is 0 Å². The van der Waals surface area contributed by atoms with Gasteiger partial charge in [0.15, 0.2) is 0 Å². The van der Waals surface area contributed by atoms with Gasteiger partial charge >= 0.3 is 0 Å². The third-order valence-electron chi connectivity index (χ3n) is 5.77. The lowest BCUT2D eigenvalue weighted by Gasteiger charge is -2.29. The summed E-state index contributed by atoms with van der Waals surface area (Å²) in [6, 6.07) is 15.7. The Balaban J connectivity index is 1.33. The third kappa shape index (κ3) is 4.97. The number of piperidine rings is 1. The summed E-state index contributed by atoms with van der Waals surface area (Å²) < 4.78 is 0. The van der Waals surface area contributed by atoms with Crippen LogP contribution < -0.4 is 10.2 Å². The third-order valence-corrected chi connectivity index (χ3v) is 5.77. The van der Waals surface area contributed by atoms with E-state index in [2.05, 4.69) is 34.5 Å². The molecule has 2 aliphatic rings. The van der Waals surface area contributed by atoms with Crippen LogP contribution in [0.4, 0.5) is 11.4 Å². The average molecular weight is 392 g/mol. The Morgan fingerprint density at radius 3 is 2.24 bits per heavy atom. The first-order chi connectivity index (χ1) is 14.1. The fraction of sp³-hybridized carbons (Fsp3) is 0.417. The molecule has 1 N–H and O–H groups in total. The molecule has 5 heteroatoms. The highest BCUT2D eigenvalue weighted by Gasteiger charge is 2.29. The molecule has 152 valence electrons. The van der Waals surface area contributed by atoms with Crippen LogP contribution in [0.1, 0.15) is 48.0 Å². The Kier molecular flexibility index (Phi) is 5.84. The smallest absolute Gasteiger partial charge is 0.253 e. The Labute approximate surface area is 172 Å². The minimum absolute atomic E-state index is 0.0230. The summed E-state index contributed by atoms with van der Waals surface area (Å²) in [4.78, 5) is 28.8. The Morgan fingerprint density at radius 1 is 0.966 bits per heavy atom. The first-order valence-corrected chi connectivity index (χ1v) is 10.6. The summed E-state index contributed by atoms with van der Waals surface area (Å²) in [6.45, 7) is 2.84. The number of nitrogens with zero attached hydrogens (tertiary/aromatic N) is 2. The summed E-state index contributed by atoms with van der Waals surface area (Å²) in [6.07, 6.45) is 5.82. The van der Waals surface area contributed by atoms with Crippen molar-refractivity contribution in [1.82, 2.24) is 4.90 Å². The number of hydrogen-bond acceptors (Lipinski definition) is 3. The predicted molar refractivity (Wildman–Crippen MR) is 116 cm³/mol. The minimum atomic E-state index is -0.0230. The number of carbonyl (C=O) groups is 2. The molecule has 0 atom stereocenters. The lowest BCUT2D eigenvalue weighted by Crippen LogP contribution is -2.29. The second kappa shape index (κ2) is 8.68. The number of amides is 2. The summed E-state index contributed by atoms with van der Waals surface area (Å²) in [5.74, 6) is 0.225. The van der Waals surface area contributed by atoms with Gasteiger partial charge in [-0.1, -0.05) is 12.1 Å².